The first-order chi connectivity index (χ1) is 8.63. The third-order valence-electron chi connectivity index (χ3n) is 2.40. The summed E-state index contributed by atoms with van der Waals surface area (Å²) < 4.78 is 5.07. The molecule has 0 atom stereocenters. The molecule has 1 aromatic heterocycles. The predicted octanol–water partition coefficient (Wildman–Crippen LogP) is 3.21. The number of benzene rings is 1. The molecule has 0 spiro atoms. The van der Waals surface area contributed by atoms with Gasteiger partial charge in [-0.1, -0.05) is 11.6 Å². The summed E-state index contributed by atoms with van der Waals surface area (Å²) in [5.74, 6) is 0.557. The van der Waals surface area contributed by atoms with Crippen molar-refractivity contribution >= 4 is 23.2 Å². The van der Waals surface area contributed by atoms with E-state index < -0.39 is 0 Å². The molecular formula is C13H13ClN2O2. The largest absolute Gasteiger partial charge is 0.449 e. The second-order valence-electron chi connectivity index (χ2n) is 3.91. The van der Waals surface area contributed by atoms with Crippen molar-refractivity contribution in [2.45, 2.75) is 19.8 Å². The number of carbonyl (C=O) groups excluding carboxylic acids is 1. The highest BCUT2D eigenvalue weighted by molar-refractivity contribution is 6.30. The van der Waals surface area contributed by atoms with Crippen LogP contribution in [0.1, 0.15) is 18.0 Å². The number of aromatic nitrogens is 1. The SMILES string of the molecule is Cc1nc(CCC(=O)Nc2ccc(Cl)cc2)co1. The van der Waals surface area contributed by atoms with E-state index in [1.54, 1.807) is 37.5 Å². The summed E-state index contributed by atoms with van der Waals surface area (Å²) in [5.41, 5.74) is 1.53. The number of hydrogen-bond acceptors (Lipinski definition) is 3. The van der Waals surface area contributed by atoms with Gasteiger partial charge in [0.05, 0.1) is 5.69 Å². The van der Waals surface area contributed by atoms with Crippen LogP contribution < -0.4 is 5.32 Å². The van der Waals surface area contributed by atoms with E-state index in [0.717, 1.165) is 11.4 Å². The summed E-state index contributed by atoms with van der Waals surface area (Å²) in [5, 5.41) is 3.43. The molecule has 0 radical (unpaired) electrons. The lowest BCUT2D eigenvalue weighted by molar-refractivity contribution is -0.116. The fourth-order valence-corrected chi connectivity index (χ4v) is 1.65. The second kappa shape index (κ2) is 5.69. The molecule has 0 saturated carbocycles. The Balaban J connectivity index is 1.83. The maximum absolute atomic E-state index is 11.7. The fourth-order valence-electron chi connectivity index (χ4n) is 1.52. The molecule has 0 fully saturated rings. The molecule has 1 heterocycles. The molecule has 0 aliphatic heterocycles. The Morgan fingerprint density at radius 3 is 2.72 bits per heavy atom. The molecule has 2 aromatic rings. The number of hydrogen-bond donors (Lipinski definition) is 1. The molecule has 5 heteroatoms. The molecule has 0 bridgehead atoms. The topological polar surface area (TPSA) is 55.1 Å². The molecule has 1 amide bonds. The summed E-state index contributed by atoms with van der Waals surface area (Å²) in [6.07, 6.45) is 2.51. The number of aryl methyl sites for hydroxylation is 2. The van der Waals surface area contributed by atoms with Gasteiger partial charge < -0.3 is 9.73 Å². The van der Waals surface area contributed by atoms with Gasteiger partial charge in [-0.25, -0.2) is 4.98 Å². The van der Waals surface area contributed by atoms with Crippen molar-refractivity contribution in [2.24, 2.45) is 0 Å². The zero-order valence-corrected chi connectivity index (χ0v) is 10.7. The lowest BCUT2D eigenvalue weighted by Gasteiger charge is -2.04. The number of nitrogens with one attached hydrogen (secondary N) is 1. The maximum atomic E-state index is 11.7. The standard InChI is InChI=1S/C13H13ClN2O2/c1-9-15-12(8-18-9)6-7-13(17)16-11-4-2-10(14)3-5-11/h2-5,8H,6-7H2,1H3,(H,16,17). The van der Waals surface area contributed by atoms with Crippen molar-refractivity contribution in [1.82, 2.24) is 4.98 Å². The summed E-state index contributed by atoms with van der Waals surface area (Å²) in [4.78, 5) is 15.8. The number of carbonyl (C=O) groups is 1. The molecule has 18 heavy (non-hydrogen) atoms. The predicted molar refractivity (Wildman–Crippen MR) is 69.6 cm³/mol. The number of nitrogens with zero attached hydrogens (tertiary/aromatic N) is 1. The van der Waals surface area contributed by atoms with E-state index in [-0.39, 0.29) is 5.91 Å². The van der Waals surface area contributed by atoms with Crippen molar-refractivity contribution in [3.63, 3.8) is 0 Å². The molecular weight excluding hydrogens is 252 g/mol. The molecule has 1 aromatic carbocycles. The van der Waals surface area contributed by atoms with E-state index in [1.165, 1.54) is 0 Å². The normalized spacial score (nSPS) is 10.3. The third kappa shape index (κ3) is 3.60. The van der Waals surface area contributed by atoms with Gasteiger partial charge in [0.2, 0.25) is 5.91 Å². The van der Waals surface area contributed by atoms with Crippen LogP contribution >= 0.6 is 11.6 Å². The zero-order valence-electron chi connectivity index (χ0n) is 9.94. The van der Waals surface area contributed by atoms with Crippen LogP contribution in [0.4, 0.5) is 5.69 Å². The first kappa shape index (κ1) is 12.6. The molecule has 4 nitrogen and oxygen atoms in total. The monoisotopic (exact) mass is 264 g/mol. The lowest BCUT2D eigenvalue weighted by Crippen LogP contribution is -2.12. The highest BCUT2D eigenvalue weighted by atomic mass is 35.5. The number of oxazole rings is 1. The van der Waals surface area contributed by atoms with Crippen LogP contribution in [0.2, 0.25) is 5.02 Å². The van der Waals surface area contributed by atoms with Gasteiger partial charge in [0.25, 0.3) is 0 Å². The lowest BCUT2D eigenvalue weighted by atomic mass is 10.2. The molecule has 1 N–H and O–H groups in total. The van der Waals surface area contributed by atoms with Gasteiger partial charge in [-0.15, -0.1) is 0 Å². The minimum Gasteiger partial charge on any atom is -0.449 e. The second-order valence-corrected chi connectivity index (χ2v) is 4.35. The zero-order chi connectivity index (χ0) is 13.0. The van der Waals surface area contributed by atoms with E-state index >= 15 is 0 Å². The Morgan fingerprint density at radius 2 is 2.11 bits per heavy atom. The fraction of sp³-hybridized carbons (Fsp3) is 0.231. The van der Waals surface area contributed by atoms with Gasteiger partial charge in [0.1, 0.15) is 6.26 Å². The van der Waals surface area contributed by atoms with Crippen molar-refractivity contribution in [3.05, 3.63) is 47.1 Å². The van der Waals surface area contributed by atoms with E-state index in [2.05, 4.69) is 10.3 Å². The van der Waals surface area contributed by atoms with Crippen LogP contribution in [0.15, 0.2) is 34.9 Å². The van der Waals surface area contributed by atoms with Gasteiger partial charge in [0, 0.05) is 30.5 Å². The van der Waals surface area contributed by atoms with Gasteiger partial charge in [-0.2, -0.15) is 0 Å². The van der Waals surface area contributed by atoms with Crippen LogP contribution in [0.3, 0.4) is 0 Å². The van der Waals surface area contributed by atoms with Crippen LogP contribution in [-0.4, -0.2) is 10.9 Å². The minimum absolute atomic E-state index is 0.0574. The van der Waals surface area contributed by atoms with Crippen molar-refractivity contribution in [3.8, 4) is 0 Å². The Hall–Kier alpha value is -1.81. The molecule has 94 valence electrons. The number of amides is 1. The summed E-state index contributed by atoms with van der Waals surface area (Å²) in [6.45, 7) is 1.78. The van der Waals surface area contributed by atoms with Crippen molar-refractivity contribution in [1.29, 1.82) is 0 Å². The van der Waals surface area contributed by atoms with Gasteiger partial charge >= 0.3 is 0 Å². The molecule has 2 rings (SSSR count). The van der Waals surface area contributed by atoms with Crippen molar-refractivity contribution < 1.29 is 9.21 Å². The molecule has 0 unspecified atom stereocenters. The number of anilines is 1. The summed E-state index contributed by atoms with van der Waals surface area (Å²) in [7, 11) is 0. The van der Waals surface area contributed by atoms with Crippen LogP contribution in [0.5, 0.6) is 0 Å². The Morgan fingerprint density at radius 1 is 1.39 bits per heavy atom. The van der Waals surface area contributed by atoms with E-state index in [0.29, 0.717) is 23.8 Å². The smallest absolute Gasteiger partial charge is 0.224 e. The van der Waals surface area contributed by atoms with Gasteiger partial charge in [0.15, 0.2) is 5.89 Å². The Kier molecular flexibility index (Phi) is 3.99. The average Bonchev–Trinajstić information content (AvgIpc) is 2.76. The highest BCUT2D eigenvalue weighted by Gasteiger charge is 2.05. The summed E-state index contributed by atoms with van der Waals surface area (Å²) >= 11 is 5.76. The van der Waals surface area contributed by atoms with E-state index in [4.69, 9.17) is 16.0 Å². The van der Waals surface area contributed by atoms with Crippen LogP contribution in [0.25, 0.3) is 0 Å². The maximum Gasteiger partial charge on any atom is 0.224 e. The van der Waals surface area contributed by atoms with Crippen molar-refractivity contribution in [2.75, 3.05) is 5.32 Å². The third-order valence-corrected chi connectivity index (χ3v) is 2.65. The summed E-state index contributed by atoms with van der Waals surface area (Å²) in [6, 6.07) is 7.00. The highest BCUT2D eigenvalue weighted by Crippen LogP contribution is 2.13. The van der Waals surface area contributed by atoms with Crippen LogP contribution in [0, 0.1) is 6.92 Å². The number of rotatable bonds is 4. The number of halogens is 1. The van der Waals surface area contributed by atoms with Gasteiger partial charge in [-0.05, 0) is 24.3 Å². The molecule has 0 aliphatic rings. The first-order valence-corrected chi connectivity index (χ1v) is 5.98. The first-order valence-electron chi connectivity index (χ1n) is 5.60. The van der Waals surface area contributed by atoms with Gasteiger partial charge in [-0.3, -0.25) is 4.79 Å². The van der Waals surface area contributed by atoms with E-state index in [9.17, 15) is 4.79 Å². The molecule has 0 aliphatic carbocycles. The Labute approximate surface area is 110 Å². The molecule has 0 saturated heterocycles. The average molecular weight is 265 g/mol. The quantitative estimate of drug-likeness (QED) is 0.923. The van der Waals surface area contributed by atoms with Crippen LogP contribution in [-0.2, 0) is 11.2 Å². The van der Waals surface area contributed by atoms with E-state index in [1.807, 2.05) is 0 Å². The Bertz CT molecular complexity index is 534. The minimum atomic E-state index is -0.0574.